The average Bonchev–Trinajstić information content (AvgIpc) is 3.67. The van der Waals surface area contributed by atoms with Gasteiger partial charge in [-0.2, -0.15) is 0 Å². The van der Waals surface area contributed by atoms with Crippen LogP contribution in [-0.2, 0) is 27.4 Å². The first kappa shape index (κ1) is 24.1. The number of carbonyl (C=O) groups excluding carboxylic acids is 2. The minimum Gasteiger partial charge on any atom is -0.376 e. The van der Waals surface area contributed by atoms with Crippen molar-refractivity contribution in [2.45, 2.75) is 45.0 Å². The lowest BCUT2D eigenvalue weighted by Gasteiger charge is -2.32. The maximum Gasteiger partial charge on any atom is 0.247 e. The maximum absolute atomic E-state index is 13.9. The van der Waals surface area contributed by atoms with E-state index in [4.69, 9.17) is 4.74 Å². The summed E-state index contributed by atoms with van der Waals surface area (Å²) < 4.78 is 7.30. The maximum atomic E-state index is 13.9. The molecular weight excluding hydrogens is 474 g/mol. The quantitative estimate of drug-likeness (QED) is 0.375. The molecule has 0 unspecified atom stereocenters. The number of nitrogens with zero attached hydrogens (tertiary/aromatic N) is 4. The zero-order chi connectivity index (χ0) is 24.9. The van der Waals surface area contributed by atoms with E-state index >= 15 is 0 Å². The van der Waals surface area contributed by atoms with Gasteiger partial charge in [0.1, 0.15) is 18.1 Å². The molecule has 0 spiro atoms. The van der Waals surface area contributed by atoms with Crippen LogP contribution in [0.25, 0.3) is 11.0 Å². The van der Waals surface area contributed by atoms with Crippen molar-refractivity contribution in [1.82, 2.24) is 25.2 Å². The van der Waals surface area contributed by atoms with Gasteiger partial charge in [0.15, 0.2) is 0 Å². The number of thiophene rings is 1. The van der Waals surface area contributed by atoms with Crippen LogP contribution in [0.4, 0.5) is 0 Å². The van der Waals surface area contributed by atoms with Crippen LogP contribution in [0.1, 0.15) is 34.9 Å². The monoisotopic (exact) mass is 503 g/mol. The number of carbonyl (C=O) groups is 2. The molecule has 4 aromatic rings. The number of aromatic nitrogens is 3. The third kappa shape index (κ3) is 5.32. The Morgan fingerprint density at radius 2 is 2.00 bits per heavy atom. The Labute approximate surface area is 213 Å². The van der Waals surface area contributed by atoms with Crippen molar-refractivity contribution in [3.8, 4) is 0 Å². The molecule has 8 nitrogen and oxygen atoms in total. The fourth-order valence-electron chi connectivity index (χ4n) is 4.61. The molecule has 1 fully saturated rings. The Kier molecular flexibility index (Phi) is 7.39. The molecule has 36 heavy (non-hydrogen) atoms. The van der Waals surface area contributed by atoms with Crippen LogP contribution in [-0.4, -0.2) is 51.0 Å². The molecule has 1 N–H and O–H groups in total. The molecule has 0 radical (unpaired) electrons. The smallest absolute Gasteiger partial charge is 0.247 e. The number of aryl methyl sites for hydroxylation is 1. The lowest BCUT2D eigenvalue weighted by molar-refractivity contribution is -0.142. The summed E-state index contributed by atoms with van der Waals surface area (Å²) in [4.78, 5) is 30.3. The lowest BCUT2D eigenvalue weighted by Crippen LogP contribution is -2.46. The highest BCUT2D eigenvalue weighted by atomic mass is 32.1. The fourth-order valence-corrected chi connectivity index (χ4v) is 5.31. The van der Waals surface area contributed by atoms with E-state index < -0.39 is 6.04 Å². The van der Waals surface area contributed by atoms with Gasteiger partial charge in [-0.1, -0.05) is 47.7 Å². The zero-order valence-corrected chi connectivity index (χ0v) is 21.0. The largest absolute Gasteiger partial charge is 0.376 e. The van der Waals surface area contributed by atoms with Gasteiger partial charge in [-0.05, 0) is 54.5 Å². The standard InChI is InChI=1S/C27H29N5O3S/c1-19-8-2-3-11-22(19)26(27(34)28-16-20-9-6-14-35-20)31(17-21-10-7-15-36-21)25(33)18-32-24-13-5-4-12-23(24)29-30-32/h2-5,7-8,10-13,15,20,26H,6,9,14,16-18H2,1H3,(H,28,34)/t20-,26+/m1/s1. The first-order valence-corrected chi connectivity index (χ1v) is 13.0. The molecule has 0 bridgehead atoms. The van der Waals surface area contributed by atoms with Gasteiger partial charge in [0.05, 0.1) is 18.2 Å². The van der Waals surface area contributed by atoms with E-state index in [1.807, 2.05) is 73.0 Å². The van der Waals surface area contributed by atoms with Crippen LogP contribution >= 0.6 is 11.3 Å². The van der Waals surface area contributed by atoms with Crippen molar-refractivity contribution in [2.24, 2.45) is 0 Å². The summed E-state index contributed by atoms with van der Waals surface area (Å²) in [6, 6.07) is 18.4. The van der Waals surface area contributed by atoms with Crippen LogP contribution in [0, 0.1) is 6.92 Å². The molecule has 2 aromatic heterocycles. The summed E-state index contributed by atoms with van der Waals surface area (Å²) in [6.07, 6.45) is 1.93. The fraction of sp³-hybridized carbons (Fsp3) is 0.333. The zero-order valence-electron chi connectivity index (χ0n) is 20.2. The van der Waals surface area contributed by atoms with Crippen molar-refractivity contribution < 1.29 is 14.3 Å². The Morgan fingerprint density at radius 3 is 2.78 bits per heavy atom. The summed E-state index contributed by atoms with van der Waals surface area (Å²) in [6.45, 7) is 3.41. The van der Waals surface area contributed by atoms with E-state index in [0.29, 0.717) is 13.1 Å². The number of rotatable bonds is 9. The molecule has 0 saturated carbocycles. The summed E-state index contributed by atoms with van der Waals surface area (Å²) in [7, 11) is 0. The molecule has 2 amide bonds. The second kappa shape index (κ2) is 11.0. The second-order valence-corrected chi connectivity index (χ2v) is 10.0. The van der Waals surface area contributed by atoms with Crippen LogP contribution in [0.5, 0.6) is 0 Å². The van der Waals surface area contributed by atoms with E-state index in [1.54, 1.807) is 20.9 Å². The number of benzene rings is 2. The van der Waals surface area contributed by atoms with Crippen LogP contribution in [0.15, 0.2) is 66.0 Å². The first-order valence-electron chi connectivity index (χ1n) is 12.1. The average molecular weight is 504 g/mol. The SMILES string of the molecule is Cc1ccccc1[C@@H](C(=O)NC[C@H]1CCCO1)N(Cc1cccs1)C(=O)Cn1nnc2ccccc21. The van der Waals surface area contributed by atoms with E-state index in [0.717, 1.165) is 46.5 Å². The van der Waals surface area contributed by atoms with Crippen molar-refractivity contribution in [3.05, 3.63) is 82.0 Å². The summed E-state index contributed by atoms with van der Waals surface area (Å²) in [5.41, 5.74) is 3.25. The van der Waals surface area contributed by atoms with E-state index in [1.165, 1.54) is 0 Å². The lowest BCUT2D eigenvalue weighted by atomic mass is 9.98. The number of fused-ring (bicyclic) bond motifs is 1. The van der Waals surface area contributed by atoms with Gasteiger partial charge in [0, 0.05) is 18.0 Å². The molecule has 1 aliphatic rings. The minimum atomic E-state index is -0.794. The highest BCUT2D eigenvalue weighted by Gasteiger charge is 2.33. The molecular formula is C27H29N5O3S. The molecule has 1 aliphatic heterocycles. The molecule has 0 aliphatic carbocycles. The molecule has 3 heterocycles. The van der Waals surface area contributed by atoms with Crippen molar-refractivity contribution >= 4 is 34.2 Å². The van der Waals surface area contributed by atoms with Gasteiger partial charge in [-0.25, -0.2) is 4.68 Å². The van der Waals surface area contributed by atoms with Crippen molar-refractivity contribution in [3.63, 3.8) is 0 Å². The van der Waals surface area contributed by atoms with Crippen LogP contribution < -0.4 is 5.32 Å². The van der Waals surface area contributed by atoms with Crippen molar-refractivity contribution in [2.75, 3.05) is 13.2 Å². The van der Waals surface area contributed by atoms with Crippen LogP contribution in [0.3, 0.4) is 0 Å². The Bertz CT molecular complexity index is 1330. The van der Waals surface area contributed by atoms with Gasteiger partial charge < -0.3 is 15.0 Å². The topological polar surface area (TPSA) is 89.4 Å². The highest BCUT2D eigenvalue weighted by molar-refractivity contribution is 7.09. The summed E-state index contributed by atoms with van der Waals surface area (Å²) in [5.74, 6) is -0.423. The minimum absolute atomic E-state index is 0.00873. The van der Waals surface area contributed by atoms with Gasteiger partial charge in [-0.3, -0.25) is 9.59 Å². The predicted molar refractivity (Wildman–Crippen MR) is 138 cm³/mol. The number of hydrogen-bond acceptors (Lipinski definition) is 6. The Morgan fingerprint density at radius 1 is 1.17 bits per heavy atom. The van der Waals surface area contributed by atoms with Crippen LogP contribution in [0.2, 0.25) is 0 Å². The Hall–Kier alpha value is -3.56. The highest BCUT2D eigenvalue weighted by Crippen LogP contribution is 2.28. The third-order valence-electron chi connectivity index (χ3n) is 6.50. The number of amides is 2. The molecule has 2 atom stereocenters. The van der Waals surface area contributed by atoms with E-state index in [-0.39, 0.29) is 24.5 Å². The summed E-state index contributed by atoms with van der Waals surface area (Å²) in [5, 5.41) is 13.4. The van der Waals surface area contributed by atoms with Gasteiger partial charge in [0.2, 0.25) is 11.8 Å². The number of para-hydroxylation sites is 1. The molecule has 2 aromatic carbocycles. The van der Waals surface area contributed by atoms with Gasteiger partial charge in [-0.15, -0.1) is 16.4 Å². The van der Waals surface area contributed by atoms with E-state index in [2.05, 4.69) is 15.6 Å². The molecule has 5 rings (SSSR count). The molecule has 1 saturated heterocycles. The summed E-state index contributed by atoms with van der Waals surface area (Å²) >= 11 is 1.56. The first-order chi connectivity index (χ1) is 17.6. The van der Waals surface area contributed by atoms with E-state index in [9.17, 15) is 9.59 Å². The Balaban J connectivity index is 1.48. The molecule has 9 heteroatoms. The van der Waals surface area contributed by atoms with Crippen molar-refractivity contribution in [1.29, 1.82) is 0 Å². The predicted octanol–water partition coefficient (Wildman–Crippen LogP) is 3.87. The number of hydrogen-bond donors (Lipinski definition) is 1. The normalized spacial score (nSPS) is 16.2. The number of nitrogens with one attached hydrogen (secondary N) is 1. The number of ether oxygens (including phenoxy) is 1. The van der Waals surface area contributed by atoms with Gasteiger partial charge >= 0.3 is 0 Å². The van der Waals surface area contributed by atoms with Gasteiger partial charge in [0.25, 0.3) is 0 Å². The molecule has 186 valence electrons. The second-order valence-electron chi connectivity index (χ2n) is 8.98. The third-order valence-corrected chi connectivity index (χ3v) is 7.36.